The maximum atomic E-state index is 11.8. The van der Waals surface area contributed by atoms with Gasteiger partial charge in [-0.1, -0.05) is 18.2 Å². The van der Waals surface area contributed by atoms with Gasteiger partial charge < -0.3 is 25.4 Å². The van der Waals surface area contributed by atoms with E-state index >= 15 is 0 Å². The van der Waals surface area contributed by atoms with E-state index in [1.54, 1.807) is 55.5 Å². The molecule has 0 bridgehead atoms. The minimum absolute atomic E-state index is 0.0253. The highest BCUT2D eigenvalue weighted by molar-refractivity contribution is 5.89. The second kappa shape index (κ2) is 7.68. The minimum atomic E-state index is -0.507. The zero-order chi connectivity index (χ0) is 21.3. The van der Waals surface area contributed by atoms with E-state index in [1.807, 2.05) is 6.07 Å². The van der Waals surface area contributed by atoms with Crippen LogP contribution in [-0.2, 0) is 4.74 Å². The molecule has 1 unspecified atom stereocenters. The smallest absolute Gasteiger partial charge is 0.338 e. The number of anilines is 1. The molecule has 1 atom stereocenters. The van der Waals surface area contributed by atoms with Crippen molar-refractivity contribution in [1.82, 2.24) is 0 Å². The maximum Gasteiger partial charge on any atom is 0.338 e. The molecule has 1 aliphatic heterocycles. The first-order valence-corrected chi connectivity index (χ1v) is 9.36. The third kappa shape index (κ3) is 3.35. The third-order valence-corrected chi connectivity index (χ3v) is 4.83. The second-order valence-electron chi connectivity index (χ2n) is 6.72. The number of nitriles is 1. The fraction of sp³-hybridized carbons (Fsp3) is 0.130. The number of nitrogen functional groups attached to an aromatic ring is 1. The van der Waals surface area contributed by atoms with Crippen LogP contribution in [0.1, 0.15) is 34.5 Å². The first-order chi connectivity index (χ1) is 14.5. The fourth-order valence-corrected chi connectivity index (χ4v) is 3.41. The molecule has 7 nitrogen and oxygen atoms in total. The van der Waals surface area contributed by atoms with Crippen molar-refractivity contribution in [2.24, 2.45) is 5.73 Å². The van der Waals surface area contributed by atoms with Crippen molar-refractivity contribution in [3.05, 3.63) is 82.9 Å². The molecule has 7 heteroatoms. The Bertz CT molecular complexity index is 1190. The lowest BCUT2D eigenvalue weighted by atomic mass is 9.87. The lowest BCUT2D eigenvalue weighted by molar-refractivity contribution is 0.0526. The van der Waals surface area contributed by atoms with Crippen molar-refractivity contribution in [3.8, 4) is 23.1 Å². The number of hydrogen-bond donors (Lipinski definition) is 2. The number of carbonyl (C=O) groups excluding carboxylic acids is 1. The first-order valence-electron chi connectivity index (χ1n) is 9.36. The van der Waals surface area contributed by atoms with Gasteiger partial charge in [0.1, 0.15) is 28.9 Å². The van der Waals surface area contributed by atoms with Crippen LogP contribution in [0.15, 0.2) is 70.5 Å². The second-order valence-corrected chi connectivity index (χ2v) is 6.72. The van der Waals surface area contributed by atoms with Gasteiger partial charge in [-0.3, -0.25) is 0 Å². The lowest BCUT2D eigenvalue weighted by Gasteiger charge is -2.24. The van der Waals surface area contributed by atoms with Crippen molar-refractivity contribution < 1.29 is 18.7 Å². The molecular weight excluding hydrogens is 382 g/mol. The van der Waals surface area contributed by atoms with Crippen LogP contribution in [0.25, 0.3) is 11.3 Å². The van der Waals surface area contributed by atoms with Crippen LogP contribution in [-0.4, -0.2) is 12.6 Å². The van der Waals surface area contributed by atoms with Gasteiger partial charge in [0.2, 0.25) is 5.88 Å². The van der Waals surface area contributed by atoms with E-state index in [0.29, 0.717) is 35.1 Å². The molecule has 4 rings (SSSR count). The fourth-order valence-electron chi connectivity index (χ4n) is 3.41. The molecule has 30 heavy (non-hydrogen) atoms. The van der Waals surface area contributed by atoms with Gasteiger partial charge in [0.05, 0.1) is 18.1 Å². The summed E-state index contributed by atoms with van der Waals surface area (Å²) in [5.74, 6) is 0.784. The van der Waals surface area contributed by atoms with Crippen molar-refractivity contribution in [2.75, 3.05) is 12.3 Å². The van der Waals surface area contributed by atoms with Crippen LogP contribution in [0.5, 0.6) is 5.75 Å². The summed E-state index contributed by atoms with van der Waals surface area (Å²) in [6.07, 6.45) is 0. The summed E-state index contributed by atoms with van der Waals surface area (Å²) in [6, 6.07) is 17.9. The Balaban J connectivity index is 1.70. The van der Waals surface area contributed by atoms with E-state index in [1.165, 1.54) is 0 Å². The van der Waals surface area contributed by atoms with Crippen molar-refractivity contribution in [1.29, 1.82) is 5.26 Å². The standard InChI is InChI=1S/C23H19N3O4/c1-2-28-23(27)14-5-3-13(4-6-14)18-9-10-19(29-18)21-16-8-7-15(25)11-20(16)30-22(26)17(21)12-24/h3-11,21H,2,25-26H2,1H3. The summed E-state index contributed by atoms with van der Waals surface area (Å²) < 4.78 is 16.7. The monoisotopic (exact) mass is 401 g/mol. The molecule has 2 heterocycles. The van der Waals surface area contributed by atoms with Crippen molar-refractivity contribution >= 4 is 11.7 Å². The van der Waals surface area contributed by atoms with E-state index in [0.717, 1.165) is 11.1 Å². The average Bonchev–Trinajstić information content (AvgIpc) is 3.22. The Labute approximate surface area is 173 Å². The average molecular weight is 401 g/mol. The van der Waals surface area contributed by atoms with Crippen molar-refractivity contribution in [2.45, 2.75) is 12.8 Å². The molecule has 0 radical (unpaired) electrons. The summed E-state index contributed by atoms with van der Waals surface area (Å²) in [5.41, 5.74) is 14.6. The zero-order valence-electron chi connectivity index (χ0n) is 16.2. The largest absolute Gasteiger partial charge is 0.462 e. The number of furan rings is 1. The summed E-state index contributed by atoms with van der Waals surface area (Å²) in [4.78, 5) is 11.8. The van der Waals surface area contributed by atoms with Crippen LogP contribution in [0, 0.1) is 11.3 Å². The zero-order valence-corrected chi connectivity index (χ0v) is 16.2. The highest BCUT2D eigenvalue weighted by Gasteiger charge is 2.33. The molecule has 0 amide bonds. The molecule has 0 saturated carbocycles. The number of nitrogens with zero attached hydrogens (tertiary/aromatic N) is 1. The minimum Gasteiger partial charge on any atom is -0.462 e. The SMILES string of the molecule is CCOC(=O)c1ccc(-c2ccc(C3C(C#N)=C(N)Oc4cc(N)ccc43)o2)cc1. The molecule has 0 spiro atoms. The number of esters is 1. The van der Waals surface area contributed by atoms with E-state index < -0.39 is 5.92 Å². The van der Waals surface area contributed by atoms with Gasteiger partial charge in [0.15, 0.2) is 0 Å². The summed E-state index contributed by atoms with van der Waals surface area (Å²) >= 11 is 0. The number of ether oxygens (including phenoxy) is 2. The Morgan fingerprint density at radius 2 is 1.90 bits per heavy atom. The Hall–Kier alpha value is -4.18. The predicted octanol–water partition coefficient (Wildman–Crippen LogP) is 3.92. The number of benzene rings is 2. The number of allylic oxidation sites excluding steroid dienone is 1. The number of carbonyl (C=O) groups is 1. The van der Waals surface area contributed by atoms with E-state index in [9.17, 15) is 10.1 Å². The topological polar surface area (TPSA) is 124 Å². The van der Waals surface area contributed by atoms with Gasteiger partial charge in [0, 0.05) is 22.9 Å². The molecule has 150 valence electrons. The van der Waals surface area contributed by atoms with Crippen LogP contribution in [0.2, 0.25) is 0 Å². The van der Waals surface area contributed by atoms with Gasteiger partial charge in [0.25, 0.3) is 0 Å². The maximum absolute atomic E-state index is 11.8. The summed E-state index contributed by atoms with van der Waals surface area (Å²) in [7, 11) is 0. The molecule has 1 aromatic heterocycles. The third-order valence-electron chi connectivity index (χ3n) is 4.83. The van der Waals surface area contributed by atoms with Gasteiger partial charge in [-0.15, -0.1) is 0 Å². The summed E-state index contributed by atoms with van der Waals surface area (Å²) in [5, 5.41) is 9.65. The van der Waals surface area contributed by atoms with Crippen LogP contribution < -0.4 is 16.2 Å². The number of hydrogen-bond acceptors (Lipinski definition) is 7. The molecule has 0 aliphatic carbocycles. The van der Waals surface area contributed by atoms with Gasteiger partial charge in [-0.05, 0) is 37.3 Å². The Morgan fingerprint density at radius 1 is 1.13 bits per heavy atom. The van der Waals surface area contributed by atoms with Gasteiger partial charge >= 0.3 is 5.97 Å². The van der Waals surface area contributed by atoms with Gasteiger partial charge in [-0.2, -0.15) is 5.26 Å². The van der Waals surface area contributed by atoms with Gasteiger partial charge in [-0.25, -0.2) is 4.79 Å². The highest BCUT2D eigenvalue weighted by Crippen LogP contribution is 2.43. The highest BCUT2D eigenvalue weighted by atomic mass is 16.5. The van der Waals surface area contributed by atoms with Crippen LogP contribution in [0.4, 0.5) is 5.69 Å². The molecule has 1 aliphatic rings. The quantitative estimate of drug-likeness (QED) is 0.501. The first kappa shape index (κ1) is 19.2. The molecule has 0 saturated heterocycles. The Morgan fingerprint density at radius 3 is 2.60 bits per heavy atom. The predicted molar refractivity (Wildman–Crippen MR) is 110 cm³/mol. The van der Waals surface area contributed by atoms with Crippen molar-refractivity contribution in [3.63, 3.8) is 0 Å². The molecule has 3 aromatic rings. The van der Waals surface area contributed by atoms with Crippen LogP contribution in [0.3, 0.4) is 0 Å². The molecular formula is C23H19N3O4. The van der Waals surface area contributed by atoms with E-state index in [2.05, 4.69) is 6.07 Å². The van der Waals surface area contributed by atoms with E-state index in [-0.39, 0.29) is 17.4 Å². The number of rotatable bonds is 4. The molecule has 0 fully saturated rings. The van der Waals surface area contributed by atoms with E-state index in [4.69, 9.17) is 25.4 Å². The summed E-state index contributed by atoms with van der Waals surface area (Å²) in [6.45, 7) is 2.08. The normalized spacial score (nSPS) is 15.1. The molecule has 2 aromatic carbocycles. The lowest BCUT2D eigenvalue weighted by Crippen LogP contribution is -2.20. The number of fused-ring (bicyclic) bond motifs is 1. The molecule has 4 N–H and O–H groups in total. The van der Waals surface area contributed by atoms with Crippen LogP contribution >= 0.6 is 0 Å². The Kier molecular flexibility index (Phi) is 4.90. The number of nitrogens with two attached hydrogens (primary N) is 2.